The van der Waals surface area contributed by atoms with Crippen molar-refractivity contribution in [3.8, 4) is 0 Å². The summed E-state index contributed by atoms with van der Waals surface area (Å²) in [4.78, 5) is 70.9. The molecule has 12 nitrogen and oxygen atoms in total. The van der Waals surface area contributed by atoms with Gasteiger partial charge in [0, 0.05) is 63.3 Å². The van der Waals surface area contributed by atoms with Crippen LogP contribution in [0.15, 0.2) is 24.3 Å². The smallest absolute Gasteiger partial charge is 0.253 e. The third-order valence-corrected chi connectivity index (χ3v) is 4.44. The van der Waals surface area contributed by atoms with Crippen LogP contribution in [0.5, 0.6) is 0 Å². The maximum atomic E-state index is 11.7. The van der Waals surface area contributed by atoms with Gasteiger partial charge in [-0.2, -0.15) is 0 Å². The minimum Gasteiger partial charge on any atom is -0.377 e. The highest BCUT2D eigenvalue weighted by molar-refractivity contribution is 6.13. The number of carbonyl (C=O) groups is 6. The number of hydrogen-bond acceptors (Lipinski definition) is 8. The van der Waals surface area contributed by atoms with Crippen molar-refractivity contribution < 1.29 is 38.2 Å². The summed E-state index contributed by atoms with van der Waals surface area (Å²) >= 11 is 0. The van der Waals surface area contributed by atoms with Gasteiger partial charge in [-0.05, 0) is 0 Å². The maximum Gasteiger partial charge on any atom is 0.253 e. The molecule has 0 aliphatic carbocycles. The fourth-order valence-electron chi connectivity index (χ4n) is 2.75. The third-order valence-electron chi connectivity index (χ3n) is 4.44. The Labute approximate surface area is 184 Å². The highest BCUT2D eigenvalue weighted by atomic mass is 16.5. The highest BCUT2D eigenvalue weighted by Gasteiger charge is 2.24. The normalized spacial score (nSPS) is 15.2. The first-order chi connectivity index (χ1) is 15.4. The van der Waals surface area contributed by atoms with Crippen molar-refractivity contribution in [3.05, 3.63) is 24.3 Å². The van der Waals surface area contributed by atoms with E-state index < -0.39 is 23.6 Å². The van der Waals surface area contributed by atoms with Gasteiger partial charge in [-0.15, -0.1) is 0 Å². The minimum atomic E-state index is -0.418. The second-order valence-corrected chi connectivity index (χ2v) is 6.75. The summed E-state index contributed by atoms with van der Waals surface area (Å²) in [7, 11) is 0. The van der Waals surface area contributed by atoms with E-state index in [2.05, 4.69) is 10.6 Å². The zero-order chi connectivity index (χ0) is 23.3. The first kappa shape index (κ1) is 24.9. The summed E-state index contributed by atoms with van der Waals surface area (Å²) in [6, 6.07) is 0. The van der Waals surface area contributed by atoms with Gasteiger partial charge in [0.2, 0.25) is 11.8 Å². The lowest BCUT2D eigenvalue weighted by Gasteiger charge is -2.13. The molecule has 2 aliphatic heterocycles. The van der Waals surface area contributed by atoms with E-state index in [0.717, 1.165) is 9.80 Å². The number of amides is 6. The van der Waals surface area contributed by atoms with Gasteiger partial charge in [-0.25, -0.2) is 0 Å². The van der Waals surface area contributed by atoms with E-state index in [1.54, 1.807) is 0 Å². The number of hydrogen-bond donors (Lipinski definition) is 2. The predicted molar refractivity (Wildman–Crippen MR) is 109 cm³/mol. The largest absolute Gasteiger partial charge is 0.377 e. The molecule has 0 bridgehead atoms. The molecule has 0 aromatic rings. The molecule has 2 heterocycles. The Hall–Kier alpha value is -3.38. The van der Waals surface area contributed by atoms with Crippen molar-refractivity contribution in [2.45, 2.75) is 12.8 Å². The molecule has 2 rings (SSSR count). The van der Waals surface area contributed by atoms with E-state index in [1.807, 2.05) is 0 Å². The molecule has 12 heteroatoms. The van der Waals surface area contributed by atoms with Crippen LogP contribution < -0.4 is 10.6 Å². The Balaban J connectivity index is 1.36. The van der Waals surface area contributed by atoms with Gasteiger partial charge in [0.05, 0.1) is 26.4 Å². The van der Waals surface area contributed by atoms with Gasteiger partial charge < -0.3 is 20.1 Å². The predicted octanol–water partition coefficient (Wildman–Crippen LogP) is -2.12. The molecule has 174 valence electrons. The van der Waals surface area contributed by atoms with Crippen LogP contribution in [0.4, 0.5) is 0 Å². The van der Waals surface area contributed by atoms with E-state index in [-0.39, 0.29) is 64.0 Å². The molecule has 0 atom stereocenters. The first-order valence-electron chi connectivity index (χ1n) is 10.1. The Bertz CT molecular complexity index is 705. The van der Waals surface area contributed by atoms with Crippen LogP contribution in [0.3, 0.4) is 0 Å². The van der Waals surface area contributed by atoms with Crippen molar-refractivity contribution in [1.29, 1.82) is 0 Å². The molecule has 0 saturated carbocycles. The molecule has 6 amide bonds. The van der Waals surface area contributed by atoms with Crippen molar-refractivity contribution >= 4 is 35.4 Å². The highest BCUT2D eigenvalue weighted by Crippen LogP contribution is 2.04. The van der Waals surface area contributed by atoms with E-state index in [1.165, 1.54) is 24.3 Å². The van der Waals surface area contributed by atoms with Gasteiger partial charge in [0.15, 0.2) is 0 Å². The van der Waals surface area contributed by atoms with Crippen molar-refractivity contribution in [2.24, 2.45) is 0 Å². The van der Waals surface area contributed by atoms with Crippen LogP contribution in [-0.2, 0) is 38.2 Å². The van der Waals surface area contributed by atoms with Gasteiger partial charge in [-0.1, -0.05) is 0 Å². The van der Waals surface area contributed by atoms with E-state index in [9.17, 15) is 28.8 Å². The lowest BCUT2D eigenvalue weighted by atomic mass is 10.3. The van der Waals surface area contributed by atoms with Crippen LogP contribution >= 0.6 is 0 Å². The average Bonchev–Trinajstić information content (AvgIpc) is 3.26. The van der Waals surface area contributed by atoms with Gasteiger partial charge in [-0.3, -0.25) is 38.6 Å². The summed E-state index contributed by atoms with van der Waals surface area (Å²) in [5.74, 6) is -2.25. The van der Waals surface area contributed by atoms with Crippen molar-refractivity contribution in [2.75, 3.05) is 52.6 Å². The van der Waals surface area contributed by atoms with E-state index in [0.29, 0.717) is 13.2 Å². The quantitative estimate of drug-likeness (QED) is 0.212. The molecule has 0 saturated heterocycles. The summed E-state index contributed by atoms with van der Waals surface area (Å²) in [5, 5.41) is 5.25. The molecule has 0 unspecified atom stereocenters. The Kier molecular flexibility index (Phi) is 10.2. The van der Waals surface area contributed by atoms with Crippen molar-refractivity contribution in [3.63, 3.8) is 0 Å². The van der Waals surface area contributed by atoms with Crippen LogP contribution in [0, 0.1) is 0 Å². The van der Waals surface area contributed by atoms with Gasteiger partial charge in [0.1, 0.15) is 0 Å². The van der Waals surface area contributed by atoms with Crippen LogP contribution in [0.1, 0.15) is 12.8 Å². The Morgan fingerprint density at radius 2 is 0.969 bits per heavy atom. The summed E-state index contributed by atoms with van der Waals surface area (Å²) in [6.07, 6.45) is 4.73. The van der Waals surface area contributed by atoms with Gasteiger partial charge >= 0.3 is 0 Å². The number of rotatable bonds is 15. The zero-order valence-corrected chi connectivity index (χ0v) is 17.5. The second kappa shape index (κ2) is 13.1. The maximum absolute atomic E-state index is 11.7. The summed E-state index contributed by atoms with van der Waals surface area (Å²) in [6.45, 7) is 1.80. The standard InChI is InChI=1S/C20H26N4O8/c25-15(5-9-23-17(27)1-2-18(23)28)21-7-11-31-13-14-32-12-8-22-16(26)6-10-24-19(29)3-4-20(24)30/h1-4H,5-14H2,(H,21,25)(H,22,26). The van der Waals surface area contributed by atoms with Crippen molar-refractivity contribution in [1.82, 2.24) is 20.4 Å². The van der Waals surface area contributed by atoms with Crippen LogP contribution in [-0.4, -0.2) is 97.8 Å². The molecule has 0 aromatic carbocycles. The van der Waals surface area contributed by atoms with E-state index in [4.69, 9.17) is 9.47 Å². The fourth-order valence-corrected chi connectivity index (χ4v) is 2.75. The Morgan fingerprint density at radius 1 is 0.625 bits per heavy atom. The zero-order valence-electron chi connectivity index (χ0n) is 17.5. The lowest BCUT2D eigenvalue weighted by molar-refractivity contribution is -0.139. The van der Waals surface area contributed by atoms with E-state index >= 15 is 0 Å². The number of nitrogens with zero attached hydrogens (tertiary/aromatic N) is 2. The molecule has 0 aromatic heterocycles. The molecule has 0 fully saturated rings. The summed E-state index contributed by atoms with van der Waals surface area (Å²) < 4.78 is 10.6. The number of imide groups is 2. The fraction of sp³-hybridized carbons (Fsp3) is 0.500. The monoisotopic (exact) mass is 450 g/mol. The minimum absolute atomic E-state index is 0.0233. The first-order valence-corrected chi connectivity index (χ1v) is 10.1. The molecular formula is C20H26N4O8. The number of carbonyl (C=O) groups excluding carboxylic acids is 6. The molecular weight excluding hydrogens is 424 g/mol. The van der Waals surface area contributed by atoms with Gasteiger partial charge in [0.25, 0.3) is 23.6 Å². The molecule has 2 N–H and O–H groups in total. The van der Waals surface area contributed by atoms with Crippen LogP contribution in [0.25, 0.3) is 0 Å². The molecule has 0 radical (unpaired) electrons. The topological polar surface area (TPSA) is 151 Å². The third kappa shape index (κ3) is 8.40. The SMILES string of the molecule is O=C(CCN1C(=O)C=CC1=O)NCCOCCOCCNC(=O)CCN1C(=O)C=CC1=O. The van der Waals surface area contributed by atoms with Crippen LogP contribution in [0.2, 0.25) is 0 Å². The number of ether oxygens (including phenoxy) is 2. The number of nitrogens with one attached hydrogen (secondary N) is 2. The second-order valence-electron chi connectivity index (χ2n) is 6.75. The average molecular weight is 450 g/mol. The summed E-state index contributed by atoms with van der Waals surface area (Å²) in [5.41, 5.74) is 0. The Morgan fingerprint density at radius 3 is 1.31 bits per heavy atom. The lowest BCUT2D eigenvalue weighted by Crippen LogP contribution is -2.35. The molecule has 2 aliphatic rings. The molecule has 0 spiro atoms. The molecule has 32 heavy (non-hydrogen) atoms.